The molecule has 1 heterocycles. The number of ether oxygens (including phenoxy) is 1. The normalized spacial score (nSPS) is 12.1. The van der Waals surface area contributed by atoms with E-state index < -0.39 is 0 Å². The van der Waals surface area contributed by atoms with Gasteiger partial charge in [0.15, 0.2) is 11.5 Å². The van der Waals surface area contributed by atoms with Crippen LogP contribution in [0.1, 0.15) is 29.9 Å². The fraction of sp³-hybridized carbons (Fsp3) is 0.250. The van der Waals surface area contributed by atoms with E-state index in [-0.39, 0.29) is 11.8 Å². The molecule has 0 radical (unpaired) electrons. The summed E-state index contributed by atoms with van der Waals surface area (Å²) in [6, 6.07) is 15.7. The van der Waals surface area contributed by atoms with Gasteiger partial charge in [0.1, 0.15) is 5.82 Å². The number of imidazole rings is 1. The first kappa shape index (κ1) is 17.0. The summed E-state index contributed by atoms with van der Waals surface area (Å²) in [6.07, 6.45) is 3.72. The van der Waals surface area contributed by atoms with E-state index in [9.17, 15) is 5.11 Å². The predicted octanol–water partition coefficient (Wildman–Crippen LogP) is 3.40. The van der Waals surface area contributed by atoms with E-state index in [1.54, 1.807) is 12.3 Å². The average Bonchev–Trinajstić information content (AvgIpc) is 3.05. The van der Waals surface area contributed by atoms with Gasteiger partial charge in [-0.2, -0.15) is 0 Å². The Morgan fingerprint density at radius 2 is 1.96 bits per heavy atom. The van der Waals surface area contributed by atoms with Crippen molar-refractivity contribution in [2.45, 2.75) is 19.5 Å². The molecule has 3 rings (SSSR count). The molecule has 0 aliphatic carbocycles. The number of nitrogens with zero attached hydrogens (tertiary/aromatic N) is 2. The fourth-order valence-electron chi connectivity index (χ4n) is 2.85. The van der Waals surface area contributed by atoms with Crippen molar-refractivity contribution in [3.8, 4) is 11.5 Å². The Kier molecular flexibility index (Phi) is 5.36. The molecule has 3 aromatic rings. The average molecular weight is 337 g/mol. The summed E-state index contributed by atoms with van der Waals surface area (Å²) < 4.78 is 7.47. The molecule has 5 heteroatoms. The van der Waals surface area contributed by atoms with E-state index in [4.69, 9.17) is 4.74 Å². The van der Waals surface area contributed by atoms with Gasteiger partial charge in [0.25, 0.3) is 0 Å². The number of benzene rings is 2. The molecular formula is C20H23N3O2. The molecule has 2 N–H and O–H groups in total. The molecule has 130 valence electrons. The van der Waals surface area contributed by atoms with Gasteiger partial charge in [0.2, 0.25) is 0 Å². The first-order valence-electron chi connectivity index (χ1n) is 8.40. The molecule has 0 aliphatic heterocycles. The van der Waals surface area contributed by atoms with Crippen LogP contribution < -0.4 is 10.1 Å². The molecule has 0 aliphatic rings. The first-order chi connectivity index (χ1) is 12.2. The summed E-state index contributed by atoms with van der Waals surface area (Å²) >= 11 is 0. The monoisotopic (exact) mass is 337 g/mol. The molecule has 0 saturated heterocycles. The van der Waals surface area contributed by atoms with Crippen LogP contribution in [0.3, 0.4) is 0 Å². The summed E-state index contributed by atoms with van der Waals surface area (Å²) in [4.78, 5) is 4.49. The van der Waals surface area contributed by atoms with Crippen LogP contribution in [-0.2, 0) is 13.6 Å². The Bertz CT molecular complexity index is 815. The SMILES string of the molecule is CCOc1cccc(CN[C@@H](c2ccccc2)c2nccn2C)c1O. The Morgan fingerprint density at radius 1 is 1.16 bits per heavy atom. The largest absolute Gasteiger partial charge is 0.504 e. The van der Waals surface area contributed by atoms with Crippen molar-refractivity contribution in [3.63, 3.8) is 0 Å². The lowest BCUT2D eigenvalue weighted by Gasteiger charge is -2.20. The van der Waals surface area contributed by atoms with E-state index in [2.05, 4.69) is 22.4 Å². The van der Waals surface area contributed by atoms with Gasteiger partial charge in [0.05, 0.1) is 12.6 Å². The van der Waals surface area contributed by atoms with Crippen LogP contribution >= 0.6 is 0 Å². The Balaban J connectivity index is 1.85. The lowest BCUT2D eigenvalue weighted by Crippen LogP contribution is -2.24. The third-order valence-corrected chi connectivity index (χ3v) is 4.13. The van der Waals surface area contributed by atoms with Gasteiger partial charge in [0, 0.05) is 31.5 Å². The number of rotatable bonds is 7. The number of phenols is 1. The number of phenolic OH excluding ortho intramolecular Hbond substituents is 1. The fourth-order valence-corrected chi connectivity index (χ4v) is 2.85. The molecule has 0 fully saturated rings. The van der Waals surface area contributed by atoms with Gasteiger partial charge in [-0.25, -0.2) is 4.98 Å². The van der Waals surface area contributed by atoms with E-state index >= 15 is 0 Å². The minimum atomic E-state index is -0.0728. The number of aromatic nitrogens is 2. The zero-order valence-corrected chi connectivity index (χ0v) is 14.5. The van der Waals surface area contributed by atoms with Crippen molar-refractivity contribution in [2.24, 2.45) is 7.05 Å². The number of aryl methyl sites for hydroxylation is 1. The lowest BCUT2D eigenvalue weighted by molar-refractivity contribution is 0.316. The second-order valence-electron chi connectivity index (χ2n) is 5.82. The molecule has 1 aromatic heterocycles. The second-order valence-corrected chi connectivity index (χ2v) is 5.82. The molecule has 2 aromatic carbocycles. The third kappa shape index (κ3) is 3.83. The van der Waals surface area contributed by atoms with Gasteiger partial charge in [-0.05, 0) is 18.6 Å². The molecule has 0 spiro atoms. The summed E-state index contributed by atoms with van der Waals surface area (Å²) in [6.45, 7) is 2.92. The van der Waals surface area contributed by atoms with Crippen LogP contribution in [0.2, 0.25) is 0 Å². The maximum Gasteiger partial charge on any atom is 0.162 e. The molecule has 0 bridgehead atoms. The molecular weight excluding hydrogens is 314 g/mol. The number of aromatic hydroxyl groups is 1. The van der Waals surface area contributed by atoms with Crippen LogP contribution in [0.15, 0.2) is 60.9 Å². The van der Waals surface area contributed by atoms with Gasteiger partial charge in [-0.1, -0.05) is 42.5 Å². The molecule has 5 nitrogen and oxygen atoms in total. The molecule has 25 heavy (non-hydrogen) atoms. The first-order valence-corrected chi connectivity index (χ1v) is 8.40. The highest BCUT2D eigenvalue weighted by molar-refractivity contribution is 5.45. The zero-order valence-electron chi connectivity index (χ0n) is 14.5. The van der Waals surface area contributed by atoms with E-state index in [1.807, 2.05) is 55.1 Å². The molecule has 0 saturated carbocycles. The van der Waals surface area contributed by atoms with Gasteiger partial charge in [-0.15, -0.1) is 0 Å². The highest BCUT2D eigenvalue weighted by Crippen LogP contribution is 2.30. The summed E-state index contributed by atoms with van der Waals surface area (Å²) in [5, 5.41) is 13.9. The Hall–Kier alpha value is -2.79. The summed E-state index contributed by atoms with van der Waals surface area (Å²) in [5.41, 5.74) is 1.92. The minimum Gasteiger partial charge on any atom is -0.504 e. The van der Waals surface area contributed by atoms with E-state index in [0.29, 0.717) is 18.9 Å². The van der Waals surface area contributed by atoms with Crippen LogP contribution in [0, 0.1) is 0 Å². The minimum absolute atomic E-state index is 0.0728. The van der Waals surface area contributed by atoms with E-state index in [1.165, 1.54) is 0 Å². The standard InChI is InChI=1S/C20H23N3O2/c1-3-25-17-11-7-10-16(19(17)24)14-22-18(15-8-5-4-6-9-15)20-21-12-13-23(20)2/h4-13,18,22,24H,3,14H2,1-2H3/t18-/m0/s1. The highest BCUT2D eigenvalue weighted by Gasteiger charge is 2.18. The smallest absolute Gasteiger partial charge is 0.162 e. The predicted molar refractivity (Wildman–Crippen MR) is 97.6 cm³/mol. The van der Waals surface area contributed by atoms with Crippen molar-refractivity contribution >= 4 is 0 Å². The van der Waals surface area contributed by atoms with Crippen molar-refractivity contribution in [1.82, 2.24) is 14.9 Å². The highest BCUT2D eigenvalue weighted by atomic mass is 16.5. The van der Waals surface area contributed by atoms with Crippen LogP contribution in [-0.4, -0.2) is 21.3 Å². The van der Waals surface area contributed by atoms with Crippen molar-refractivity contribution in [3.05, 3.63) is 77.9 Å². The maximum absolute atomic E-state index is 10.4. The summed E-state index contributed by atoms with van der Waals surface area (Å²) in [5.74, 6) is 1.62. The van der Waals surface area contributed by atoms with Crippen molar-refractivity contribution in [1.29, 1.82) is 0 Å². The number of nitrogens with one attached hydrogen (secondary N) is 1. The quantitative estimate of drug-likeness (QED) is 0.694. The van der Waals surface area contributed by atoms with Crippen molar-refractivity contribution < 1.29 is 9.84 Å². The Labute approximate surface area is 147 Å². The lowest BCUT2D eigenvalue weighted by atomic mass is 10.1. The van der Waals surface area contributed by atoms with Gasteiger partial charge >= 0.3 is 0 Å². The van der Waals surface area contributed by atoms with Crippen LogP contribution in [0.4, 0.5) is 0 Å². The van der Waals surface area contributed by atoms with E-state index in [0.717, 1.165) is 17.0 Å². The van der Waals surface area contributed by atoms with Crippen molar-refractivity contribution in [2.75, 3.05) is 6.61 Å². The zero-order chi connectivity index (χ0) is 17.6. The third-order valence-electron chi connectivity index (χ3n) is 4.13. The van der Waals surface area contributed by atoms with Gasteiger partial charge in [-0.3, -0.25) is 5.32 Å². The van der Waals surface area contributed by atoms with Crippen LogP contribution in [0.5, 0.6) is 11.5 Å². The Morgan fingerprint density at radius 3 is 2.64 bits per heavy atom. The van der Waals surface area contributed by atoms with Gasteiger partial charge < -0.3 is 14.4 Å². The van der Waals surface area contributed by atoms with Crippen LogP contribution in [0.25, 0.3) is 0 Å². The summed E-state index contributed by atoms with van der Waals surface area (Å²) in [7, 11) is 1.98. The molecule has 0 amide bonds. The number of hydrogen-bond donors (Lipinski definition) is 2. The molecule has 0 unspecified atom stereocenters. The second kappa shape index (κ2) is 7.85. The number of hydrogen-bond acceptors (Lipinski definition) is 4. The number of para-hydroxylation sites is 1. The maximum atomic E-state index is 10.4. The topological polar surface area (TPSA) is 59.3 Å². The molecule has 1 atom stereocenters.